The summed E-state index contributed by atoms with van der Waals surface area (Å²) in [5.41, 5.74) is 2.58. The van der Waals surface area contributed by atoms with Crippen molar-refractivity contribution in [2.75, 3.05) is 24.9 Å². The molecule has 178 valence electrons. The van der Waals surface area contributed by atoms with Crippen LogP contribution in [-0.4, -0.2) is 55.3 Å². The van der Waals surface area contributed by atoms with E-state index in [4.69, 9.17) is 0 Å². The Labute approximate surface area is 205 Å². The molecule has 2 heterocycles. The minimum absolute atomic E-state index is 0.0537. The first kappa shape index (κ1) is 23.0. The summed E-state index contributed by atoms with van der Waals surface area (Å²) in [5.74, 6) is -0.0537. The Morgan fingerprint density at radius 2 is 1.69 bits per heavy atom. The fourth-order valence-electron chi connectivity index (χ4n) is 4.27. The Morgan fingerprint density at radius 1 is 0.971 bits per heavy atom. The highest BCUT2D eigenvalue weighted by Crippen LogP contribution is 2.24. The molecule has 8 heteroatoms. The van der Waals surface area contributed by atoms with Crippen molar-refractivity contribution in [1.29, 1.82) is 0 Å². The Hall–Kier alpha value is -3.75. The SMILES string of the molecule is CN(Cc1ccccc1)C1CN(C(=O)c2ccc(NS(=O)(=O)c3cccc4cccnc34)cc2)C1. The Balaban J connectivity index is 1.21. The average molecular weight is 487 g/mol. The van der Waals surface area contributed by atoms with Crippen molar-refractivity contribution in [3.05, 3.63) is 102 Å². The van der Waals surface area contributed by atoms with Crippen LogP contribution in [0.3, 0.4) is 0 Å². The van der Waals surface area contributed by atoms with E-state index in [2.05, 4.69) is 33.8 Å². The third-order valence-corrected chi connectivity index (χ3v) is 7.73. The molecule has 0 aliphatic carbocycles. The highest BCUT2D eigenvalue weighted by molar-refractivity contribution is 7.93. The molecular formula is C27H26N4O3S. The summed E-state index contributed by atoms with van der Waals surface area (Å²) in [6.45, 7) is 2.18. The molecule has 1 N–H and O–H groups in total. The summed E-state index contributed by atoms with van der Waals surface area (Å²) in [6.07, 6.45) is 1.57. The number of carbonyl (C=O) groups is 1. The number of nitrogens with zero attached hydrogens (tertiary/aromatic N) is 3. The number of hydrogen-bond donors (Lipinski definition) is 1. The zero-order valence-corrected chi connectivity index (χ0v) is 20.2. The molecule has 0 saturated carbocycles. The monoisotopic (exact) mass is 486 g/mol. The van der Waals surface area contributed by atoms with Gasteiger partial charge in [-0.05, 0) is 49.0 Å². The van der Waals surface area contributed by atoms with E-state index in [1.165, 1.54) is 11.6 Å². The van der Waals surface area contributed by atoms with Crippen molar-refractivity contribution in [2.45, 2.75) is 17.5 Å². The molecule has 4 aromatic rings. The Bertz CT molecular complexity index is 1450. The van der Waals surface area contributed by atoms with E-state index in [-0.39, 0.29) is 10.8 Å². The van der Waals surface area contributed by atoms with Crippen molar-refractivity contribution in [2.24, 2.45) is 0 Å². The maximum atomic E-state index is 13.0. The topological polar surface area (TPSA) is 82.6 Å². The maximum absolute atomic E-state index is 13.0. The van der Waals surface area contributed by atoms with Gasteiger partial charge >= 0.3 is 0 Å². The molecule has 1 fully saturated rings. The van der Waals surface area contributed by atoms with Crippen LogP contribution < -0.4 is 4.72 Å². The van der Waals surface area contributed by atoms with Crippen LogP contribution in [0.15, 0.2) is 96.0 Å². The molecule has 1 amide bonds. The van der Waals surface area contributed by atoms with Crippen molar-refractivity contribution in [3.63, 3.8) is 0 Å². The van der Waals surface area contributed by atoms with Crippen molar-refractivity contribution in [1.82, 2.24) is 14.8 Å². The molecule has 0 unspecified atom stereocenters. The third-order valence-electron chi connectivity index (χ3n) is 6.32. The van der Waals surface area contributed by atoms with Gasteiger partial charge in [-0.2, -0.15) is 0 Å². The van der Waals surface area contributed by atoms with Gasteiger partial charge in [-0.1, -0.05) is 48.5 Å². The second-order valence-electron chi connectivity index (χ2n) is 8.78. The fraction of sp³-hybridized carbons (Fsp3) is 0.185. The quantitative estimate of drug-likeness (QED) is 0.427. The molecule has 0 bridgehead atoms. The standard InChI is InChI=1S/C27H26N4O3S/c1-30(17-20-7-3-2-4-8-20)24-18-31(19-24)27(32)22-12-14-23(15-13-22)29-35(33,34)25-11-5-9-21-10-6-16-28-26(21)25/h2-16,24,29H,17-19H2,1H3. The molecule has 35 heavy (non-hydrogen) atoms. The predicted molar refractivity (Wildman–Crippen MR) is 137 cm³/mol. The summed E-state index contributed by atoms with van der Waals surface area (Å²) >= 11 is 0. The van der Waals surface area contributed by atoms with Crippen LogP contribution in [0.4, 0.5) is 5.69 Å². The molecule has 3 aromatic carbocycles. The van der Waals surface area contributed by atoms with Gasteiger partial charge in [0.05, 0.1) is 5.52 Å². The number of likely N-dealkylation sites (N-methyl/N-ethyl adjacent to an activating group) is 1. The van der Waals surface area contributed by atoms with E-state index in [1.807, 2.05) is 35.2 Å². The van der Waals surface area contributed by atoms with Gasteiger partial charge in [0.15, 0.2) is 0 Å². The zero-order valence-electron chi connectivity index (χ0n) is 19.3. The first-order valence-electron chi connectivity index (χ1n) is 11.4. The molecular weight excluding hydrogens is 460 g/mol. The Kier molecular flexibility index (Phi) is 6.23. The summed E-state index contributed by atoms with van der Waals surface area (Å²) in [5, 5.41) is 0.749. The van der Waals surface area contributed by atoms with E-state index in [0.29, 0.717) is 35.9 Å². The molecule has 0 spiro atoms. The minimum Gasteiger partial charge on any atom is -0.335 e. The van der Waals surface area contributed by atoms with Gasteiger partial charge in [-0.25, -0.2) is 8.42 Å². The number of sulfonamides is 1. The van der Waals surface area contributed by atoms with E-state index < -0.39 is 10.0 Å². The smallest absolute Gasteiger partial charge is 0.264 e. The highest BCUT2D eigenvalue weighted by atomic mass is 32.2. The number of benzene rings is 3. The van der Waals surface area contributed by atoms with Crippen LogP contribution in [-0.2, 0) is 16.6 Å². The number of nitrogens with one attached hydrogen (secondary N) is 1. The number of likely N-dealkylation sites (tertiary alicyclic amines) is 1. The van der Waals surface area contributed by atoms with Crippen LogP contribution in [0.2, 0.25) is 0 Å². The number of anilines is 1. The molecule has 7 nitrogen and oxygen atoms in total. The van der Waals surface area contributed by atoms with Crippen LogP contribution in [0.5, 0.6) is 0 Å². The molecule has 1 aliphatic heterocycles. The van der Waals surface area contributed by atoms with Crippen molar-refractivity contribution in [3.8, 4) is 0 Å². The first-order chi connectivity index (χ1) is 16.9. The number of amides is 1. The molecule has 1 aromatic heterocycles. The van der Waals surface area contributed by atoms with Crippen LogP contribution in [0.25, 0.3) is 10.9 Å². The molecule has 5 rings (SSSR count). The lowest BCUT2D eigenvalue weighted by Crippen LogP contribution is -2.59. The van der Waals surface area contributed by atoms with Gasteiger partial charge in [-0.15, -0.1) is 0 Å². The van der Waals surface area contributed by atoms with Crippen LogP contribution in [0, 0.1) is 0 Å². The predicted octanol–water partition coefficient (Wildman–Crippen LogP) is 3.99. The fourth-order valence-corrected chi connectivity index (χ4v) is 5.51. The molecule has 1 aliphatic rings. The average Bonchev–Trinajstić information content (AvgIpc) is 2.83. The maximum Gasteiger partial charge on any atom is 0.264 e. The van der Waals surface area contributed by atoms with E-state index >= 15 is 0 Å². The van der Waals surface area contributed by atoms with Crippen LogP contribution >= 0.6 is 0 Å². The lowest BCUT2D eigenvalue weighted by atomic mass is 10.0. The summed E-state index contributed by atoms with van der Waals surface area (Å²) < 4.78 is 28.6. The number of carbonyl (C=O) groups excluding carboxylic acids is 1. The van der Waals surface area contributed by atoms with Crippen LogP contribution in [0.1, 0.15) is 15.9 Å². The highest BCUT2D eigenvalue weighted by Gasteiger charge is 2.33. The summed E-state index contributed by atoms with van der Waals surface area (Å²) in [6, 6.07) is 25.8. The van der Waals surface area contributed by atoms with Gasteiger partial charge in [0.1, 0.15) is 4.90 Å². The Morgan fingerprint density at radius 3 is 2.43 bits per heavy atom. The first-order valence-corrected chi connectivity index (χ1v) is 12.9. The third kappa shape index (κ3) is 4.89. The number of aromatic nitrogens is 1. The van der Waals surface area contributed by atoms with Crippen molar-refractivity contribution < 1.29 is 13.2 Å². The van der Waals surface area contributed by atoms with Gasteiger partial charge in [0.2, 0.25) is 0 Å². The second kappa shape index (κ2) is 9.48. The van der Waals surface area contributed by atoms with E-state index in [0.717, 1.165) is 11.9 Å². The second-order valence-corrected chi connectivity index (χ2v) is 10.4. The van der Waals surface area contributed by atoms with E-state index in [1.54, 1.807) is 42.6 Å². The number of rotatable bonds is 7. The van der Waals surface area contributed by atoms with Gasteiger partial charge in [-0.3, -0.25) is 19.4 Å². The number of pyridine rings is 1. The normalized spacial score (nSPS) is 14.2. The number of fused-ring (bicyclic) bond motifs is 1. The zero-order chi connectivity index (χ0) is 24.4. The van der Waals surface area contributed by atoms with E-state index in [9.17, 15) is 13.2 Å². The lowest BCUT2D eigenvalue weighted by Gasteiger charge is -2.44. The molecule has 0 radical (unpaired) electrons. The largest absolute Gasteiger partial charge is 0.335 e. The van der Waals surface area contributed by atoms with Gasteiger partial charge in [0.25, 0.3) is 15.9 Å². The number of hydrogen-bond acceptors (Lipinski definition) is 5. The minimum atomic E-state index is -3.84. The molecule has 0 atom stereocenters. The summed E-state index contributed by atoms with van der Waals surface area (Å²) in [7, 11) is -1.76. The summed E-state index contributed by atoms with van der Waals surface area (Å²) in [4.78, 5) is 21.3. The molecule has 1 saturated heterocycles. The number of para-hydroxylation sites is 1. The lowest BCUT2D eigenvalue weighted by molar-refractivity contribution is 0.0321. The van der Waals surface area contributed by atoms with Gasteiger partial charge < -0.3 is 4.90 Å². The van der Waals surface area contributed by atoms with Gasteiger partial charge in [0, 0.05) is 48.5 Å². The van der Waals surface area contributed by atoms with Crippen molar-refractivity contribution >= 4 is 32.5 Å².